The van der Waals surface area contributed by atoms with E-state index in [9.17, 15) is 15.9 Å². The smallest absolute Gasteiger partial charge is 0.255 e. The summed E-state index contributed by atoms with van der Waals surface area (Å²) in [4.78, 5) is 27.4. The van der Waals surface area contributed by atoms with E-state index in [0.29, 0.717) is 59.9 Å². The lowest BCUT2D eigenvalue weighted by Gasteiger charge is -2.34. The lowest BCUT2D eigenvalue weighted by molar-refractivity contribution is -0.138. The number of carbonyl (C=O) groups is 1. The summed E-state index contributed by atoms with van der Waals surface area (Å²) in [6, 6.07) is 21.2. The van der Waals surface area contributed by atoms with Crippen molar-refractivity contribution in [2.24, 2.45) is 15.2 Å². The van der Waals surface area contributed by atoms with Crippen LogP contribution in [0.1, 0.15) is 42.1 Å². The maximum Gasteiger partial charge on any atom is 0.255 e. The fraction of sp³-hybridized carbons (Fsp3) is 0.333. The van der Waals surface area contributed by atoms with Crippen molar-refractivity contribution in [1.29, 1.82) is 0 Å². The Morgan fingerprint density at radius 2 is 1.67 bits per heavy atom. The summed E-state index contributed by atoms with van der Waals surface area (Å²) in [6.45, 7) is 1.60. The van der Waals surface area contributed by atoms with Gasteiger partial charge in [0.25, 0.3) is 5.91 Å². The van der Waals surface area contributed by atoms with E-state index < -0.39 is 11.6 Å². The molecule has 12 heteroatoms. The van der Waals surface area contributed by atoms with Gasteiger partial charge in [0.1, 0.15) is 5.75 Å². The van der Waals surface area contributed by atoms with Gasteiger partial charge in [-0.3, -0.25) is 4.79 Å². The van der Waals surface area contributed by atoms with Gasteiger partial charge in [-0.2, -0.15) is 0 Å². The molecule has 0 aliphatic carbocycles. The second-order valence-corrected chi connectivity index (χ2v) is 10.0. The Labute approximate surface area is 242 Å². The zero-order valence-electron chi connectivity index (χ0n) is 22.9. The summed E-state index contributed by atoms with van der Waals surface area (Å²) >= 11 is 0. The molecule has 1 fully saturated rings. The highest BCUT2D eigenvalue weighted by Gasteiger charge is 2.55. The molecule has 1 saturated heterocycles. The van der Waals surface area contributed by atoms with Crippen molar-refractivity contribution in [3.05, 3.63) is 110 Å². The lowest BCUT2D eigenvalue weighted by Crippen LogP contribution is -2.51. The highest BCUT2D eigenvalue weighted by atomic mass is 16.5. The number of ether oxygens (including phenoxy) is 2. The Bertz CT molecular complexity index is 1560. The van der Waals surface area contributed by atoms with E-state index in [1.807, 2.05) is 12.1 Å². The van der Waals surface area contributed by atoms with E-state index >= 15 is 0 Å². The number of aliphatic hydroxyl groups excluding tert-OH is 1. The molecule has 42 heavy (non-hydrogen) atoms. The molecule has 2 heterocycles. The number of likely N-dealkylation sites (tertiary alicyclic amines) is 1. The van der Waals surface area contributed by atoms with Gasteiger partial charge in [-0.15, -0.1) is 0 Å². The number of aliphatic hydroxyl groups is 1. The zero-order chi connectivity index (χ0) is 29.4. The molecule has 0 saturated carbocycles. The number of nitrogens with zero attached hydrogens (tertiary/aromatic N) is 8. The first-order valence-corrected chi connectivity index (χ1v) is 13.8. The summed E-state index contributed by atoms with van der Waals surface area (Å²) in [5.74, 6) is 0.667. The normalized spacial score (nSPS) is 19.3. The fourth-order valence-electron chi connectivity index (χ4n) is 5.38. The van der Waals surface area contributed by atoms with Gasteiger partial charge in [-0.1, -0.05) is 58.8 Å². The van der Waals surface area contributed by atoms with Crippen LogP contribution in [0.5, 0.6) is 5.75 Å². The number of rotatable bonds is 11. The molecular weight excluding hydrogens is 536 g/mol. The molecule has 3 aromatic carbocycles. The second kappa shape index (κ2) is 13.1. The van der Waals surface area contributed by atoms with E-state index in [0.717, 1.165) is 12.8 Å². The predicted molar refractivity (Wildman–Crippen MR) is 157 cm³/mol. The predicted octanol–water partition coefficient (Wildman–Crippen LogP) is 6.45. The van der Waals surface area contributed by atoms with Crippen LogP contribution in [-0.4, -0.2) is 53.7 Å². The second-order valence-electron chi connectivity index (χ2n) is 10.0. The molecule has 0 bridgehead atoms. The number of benzene rings is 3. The Balaban J connectivity index is 1.66. The third kappa shape index (κ3) is 5.87. The van der Waals surface area contributed by atoms with Gasteiger partial charge in [-0.05, 0) is 53.7 Å². The van der Waals surface area contributed by atoms with Crippen LogP contribution in [0, 0.1) is 0 Å². The lowest BCUT2D eigenvalue weighted by atomic mass is 9.80. The van der Waals surface area contributed by atoms with Crippen molar-refractivity contribution in [3.63, 3.8) is 0 Å². The van der Waals surface area contributed by atoms with E-state index in [-0.39, 0.29) is 24.8 Å². The van der Waals surface area contributed by atoms with Crippen molar-refractivity contribution in [2.75, 3.05) is 26.3 Å². The topological polar surface area (TPSA) is 169 Å². The Morgan fingerprint density at radius 3 is 2.38 bits per heavy atom. The van der Waals surface area contributed by atoms with Crippen LogP contribution in [0.15, 0.2) is 88.0 Å². The van der Waals surface area contributed by atoms with Gasteiger partial charge in [0.05, 0.1) is 6.61 Å². The van der Waals surface area contributed by atoms with Crippen LogP contribution in [0.25, 0.3) is 20.9 Å². The van der Waals surface area contributed by atoms with Crippen LogP contribution in [0.3, 0.4) is 0 Å². The number of hydrogen-bond donors (Lipinski definition) is 1. The molecule has 3 aromatic rings. The van der Waals surface area contributed by atoms with Crippen molar-refractivity contribution < 1.29 is 19.4 Å². The maximum absolute atomic E-state index is 14.6. The Morgan fingerprint density at radius 1 is 1.00 bits per heavy atom. The molecule has 0 radical (unpaired) electrons. The summed E-state index contributed by atoms with van der Waals surface area (Å²) in [5.41, 5.74) is 19.5. The Hall–Kier alpha value is -5.02. The maximum atomic E-state index is 14.6. The largest absolute Gasteiger partial charge is 0.494 e. The van der Waals surface area contributed by atoms with Crippen LogP contribution in [0.2, 0.25) is 0 Å². The third-order valence-electron chi connectivity index (χ3n) is 7.38. The van der Waals surface area contributed by atoms with Gasteiger partial charge in [0.15, 0.2) is 11.6 Å². The van der Waals surface area contributed by atoms with E-state index in [2.05, 4.69) is 20.1 Å². The Kier molecular flexibility index (Phi) is 8.89. The minimum Gasteiger partial charge on any atom is -0.494 e. The first-order valence-electron chi connectivity index (χ1n) is 13.8. The average Bonchev–Trinajstić information content (AvgIpc) is 3.69. The molecule has 0 spiro atoms. The fourth-order valence-corrected chi connectivity index (χ4v) is 5.38. The summed E-state index contributed by atoms with van der Waals surface area (Å²) < 4.78 is 12.2. The summed E-state index contributed by atoms with van der Waals surface area (Å²) in [7, 11) is 0. The van der Waals surface area contributed by atoms with Gasteiger partial charge >= 0.3 is 0 Å². The van der Waals surface area contributed by atoms with Gasteiger partial charge in [-0.25, -0.2) is 4.99 Å². The molecule has 0 aromatic heterocycles. The number of amides is 1. The molecular formula is C30H30N8O4. The molecule has 5 rings (SSSR count). The van der Waals surface area contributed by atoms with Crippen LogP contribution < -0.4 is 4.74 Å². The molecule has 1 amide bonds. The molecule has 2 atom stereocenters. The molecule has 0 unspecified atom stereocenters. The first kappa shape index (κ1) is 28.5. The highest BCUT2D eigenvalue weighted by Crippen LogP contribution is 2.47. The molecule has 1 N–H and O–H groups in total. The van der Waals surface area contributed by atoms with Crippen LogP contribution in [-0.2, 0) is 16.0 Å². The number of azide groups is 2. The average molecular weight is 567 g/mol. The first-order chi connectivity index (χ1) is 20.6. The van der Waals surface area contributed by atoms with Crippen molar-refractivity contribution in [3.8, 4) is 5.75 Å². The summed E-state index contributed by atoms with van der Waals surface area (Å²) in [5, 5.41) is 16.8. The highest BCUT2D eigenvalue weighted by molar-refractivity contribution is 6.01. The molecule has 2 aliphatic heterocycles. The third-order valence-corrected chi connectivity index (χ3v) is 7.38. The zero-order valence-corrected chi connectivity index (χ0v) is 22.9. The quantitative estimate of drug-likeness (QED) is 0.122. The van der Waals surface area contributed by atoms with E-state index in [1.165, 1.54) is 0 Å². The minimum atomic E-state index is -1.49. The molecule has 2 aliphatic rings. The van der Waals surface area contributed by atoms with Crippen molar-refractivity contribution in [1.82, 2.24) is 4.90 Å². The van der Waals surface area contributed by atoms with E-state index in [4.69, 9.17) is 19.6 Å². The number of hydrogen-bond acceptors (Lipinski definition) is 7. The minimum absolute atomic E-state index is 0.0391. The van der Waals surface area contributed by atoms with Crippen molar-refractivity contribution >= 4 is 23.2 Å². The molecule has 214 valence electrons. The van der Waals surface area contributed by atoms with Crippen molar-refractivity contribution in [2.45, 2.75) is 37.3 Å². The number of aliphatic imine (C=N–C) groups is 1. The van der Waals surface area contributed by atoms with Gasteiger partial charge in [0, 0.05) is 64.9 Å². The summed E-state index contributed by atoms with van der Waals surface area (Å²) in [6.07, 6.45) is 1.42. The SMILES string of the molecule is [N-]=[N+]=Nc1ccccc1C[C@@]1(C(=O)N2CCCC2)N=C(c2ccc(OCCCO)cc2)O[C@@H]1c1ccccc1N=[N+]=[N-]. The van der Waals surface area contributed by atoms with Crippen LogP contribution in [0.4, 0.5) is 11.4 Å². The molecule has 12 nitrogen and oxygen atoms in total. The van der Waals surface area contributed by atoms with Gasteiger partial charge < -0.3 is 19.5 Å². The monoisotopic (exact) mass is 566 g/mol. The standard InChI is InChI=1S/C30H30N8O4/c31-36-34-25-10-3-1-8-22(25)20-30(29(40)38-16-5-6-17-38)27(24-9-2-4-11-26(24)35-37-32)42-28(33-30)21-12-14-23(15-13-21)41-19-7-18-39/h1-4,8-15,27,39H,5-7,16-20H2/t27-,30-/m1/s1. The van der Waals surface area contributed by atoms with Gasteiger partial charge in [0.2, 0.25) is 5.90 Å². The van der Waals surface area contributed by atoms with E-state index in [1.54, 1.807) is 65.6 Å². The van der Waals surface area contributed by atoms with Crippen LogP contribution >= 0.6 is 0 Å². The number of carbonyl (C=O) groups excluding carboxylic acids is 1.